The third-order valence-corrected chi connectivity index (χ3v) is 1.73. The molecule has 0 unspecified atom stereocenters. The van der Waals surface area contributed by atoms with E-state index >= 15 is 0 Å². The molecule has 1 aliphatic carbocycles. The summed E-state index contributed by atoms with van der Waals surface area (Å²) in [6.45, 7) is 4.35. The molecular weight excluding hydrogens is 108 g/mol. The number of hydrogen-bond acceptors (Lipinski definition) is 0. The predicted octanol–water partition coefficient (Wildman–Crippen LogP) is 2.51. The van der Waals surface area contributed by atoms with E-state index in [9.17, 15) is 0 Å². The minimum absolute atomic E-state index is 1.06. The molecule has 0 saturated carbocycles. The van der Waals surface area contributed by atoms with Gasteiger partial charge in [-0.2, -0.15) is 0 Å². The van der Waals surface area contributed by atoms with Crippen LogP contribution in [0.4, 0.5) is 0 Å². The first-order chi connectivity index (χ1) is 4.34. The van der Waals surface area contributed by atoms with Gasteiger partial charge in [-0.1, -0.05) is 24.3 Å². The third-order valence-electron chi connectivity index (χ3n) is 1.73. The standard InChI is InChI=1S/C9H12/c1-3-9-7-5-4-6-8(9)2/h3-4,6H2,1-2H3. The van der Waals surface area contributed by atoms with Crippen molar-refractivity contribution in [1.29, 1.82) is 0 Å². The zero-order valence-electron chi connectivity index (χ0n) is 6.12. The highest BCUT2D eigenvalue weighted by Crippen LogP contribution is 2.15. The smallest absolute Gasteiger partial charge is 0.0130 e. The van der Waals surface area contributed by atoms with E-state index in [1.165, 1.54) is 17.6 Å². The molecular formula is C9H12. The van der Waals surface area contributed by atoms with E-state index in [1.54, 1.807) is 0 Å². The maximum absolute atomic E-state index is 3.15. The van der Waals surface area contributed by atoms with Gasteiger partial charge in [0.1, 0.15) is 0 Å². The summed E-state index contributed by atoms with van der Waals surface area (Å²) in [6, 6.07) is 0. The Hall–Kier alpha value is -0.700. The Morgan fingerprint density at radius 3 is 2.78 bits per heavy atom. The first-order valence-electron chi connectivity index (χ1n) is 3.52. The van der Waals surface area contributed by atoms with Crippen molar-refractivity contribution in [3.8, 4) is 11.8 Å². The van der Waals surface area contributed by atoms with Crippen LogP contribution in [0.15, 0.2) is 11.1 Å². The molecule has 9 heavy (non-hydrogen) atoms. The van der Waals surface area contributed by atoms with Crippen LogP contribution in [0.3, 0.4) is 0 Å². The van der Waals surface area contributed by atoms with Crippen LogP contribution in [0, 0.1) is 11.8 Å². The fourth-order valence-electron chi connectivity index (χ4n) is 1.07. The summed E-state index contributed by atoms with van der Waals surface area (Å²) in [5.41, 5.74) is 2.86. The molecule has 0 amide bonds. The van der Waals surface area contributed by atoms with Crippen molar-refractivity contribution in [3.05, 3.63) is 11.1 Å². The van der Waals surface area contributed by atoms with E-state index in [0.29, 0.717) is 0 Å². The Morgan fingerprint density at radius 1 is 1.56 bits per heavy atom. The topological polar surface area (TPSA) is 0 Å². The molecule has 0 heteroatoms. The van der Waals surface area contributed by atoms with Gasteiger partial charge in [-0.15, -0.1) is 0 Å². The van der Waals surface area contributed by atoms with Gasteiger partial charge >= 0.3 is 0 Å². The van der Waals surface area contributed by atoms with Gasteiger partial charge in [-0.05, 0) is 19.8 Å². The summed E-state index contributed by atoms with van der Waals surface area (Å²) in [7, 11) is 0. The Morgan fingerprint density at radius 2 is 2.33 bits per heavy atom. The highest BCUT2D eigenvalue weighted by Gasteiger charge is 1.99. The monoisotopic (exact) mass is 120 g/mol. The molecule has 0 aromatic rings. The summed E-state index contributed by atoms with van der Waals surface area (Å²) in [5.74, 6) is 6.26. The largest absolute Gasteiger partial charge is 0.0979 e. The van der Waals surface area contributed by atoms with Gasteiger partial charge in [0.2, 0.25) is 0 Å². The van der Waals surface area contributed by atoms with E-state index in [2.05, 4.69) is 25.7 Å². The molecule has 1 aliphatic rings. The number of allylic oxidation sites excluding steroid dienone is 2. The van der Waals surface area contributed by atoms with E-state index < -0.39 is 0 Å². The quantitative estimate of drug-likeness (QED) is 0.466. The van der Waals surface area contributed by atoms with Gasteiger partial charge in [0.05, 0.1) is 0 Å². The molecule has 0 aromatic carbocycles. The normalized spacial score (nSPS) is 17.1. The fraction of sp³-hybridized carbons (Fsp3) is 0.556. The Kier molecular flexibility index (Phi) is 1.95. The van der Waals surface area contributed by atoms with Gasteiger partial charge in [0, 0.05) is 12.0 Å². The van der Waals surface area contributed by atoms with Crippen molar-refractivity contribution in [3.63, 3.8) is 0 Å². The van der Waals surface area contributed by atoms with Crippen LogP contribution in [0.2, 0.25) is 0 Å². The number of hydrogen-bond donors (Lipinski definition) is 0. The van der Waals surface area contributed by atoms with Crippen LogP contribution >= 0.6 is 0 Å². The minimum atomic E-state index is 1.06. The lowest BCUT2D eigenvalue weighted by molar-refractivity contribution is 0.946. The average Bonchev–Trinajstić information content (AvgIpc) is 1.89. The van der Waals surface area contributed by atoms with E-state index in [-0.39, 0.29) is 0 Å². The Bertz CT molecular complexity index is 186. The van der Waals surface area contributed by atoms with Crippen LogP contribution in [0.1, 0.15) is 33.1 Å². The lowest BCUT2D eigenvalue weighted by Gasteiger charge is -2.05. The highest BCUT2D eigenvalue weighted by atomic mass is 14.0. The summed E-state index contributed by atoms with van der Waals surface area (Å²) < 4.78 is 0. The Balaban J connectivity index is 2.80. The van der Waals surface area contributed by atoms with Gasteiger partial charge in [-0.3, -0.25) is 0 Å². The first kappa shape index (κ1) is 6.42. The molecule has 0 bridgehead atoms. The predicted molar refractivity (Wildman–Crippen MR) is 40.0 cm³/mol. The van der Waals surface area contributed by atoms with E-state index in [1.807, 2.05) is 0 Å². The summed E-state index contributed by atoms with van der Waals surface area (Å²) >= 11 is 0. The third kappa shape index (κ3) is 1.36. The number of rotatable bonds is 1. The van der Waals surface area contributed by atoms with Crippen molar-refractivity contribution in [1.82, 2.24) is 0 Å². The minimum Gasteiger partial charge on any atom is -0.0979 e. The summed E-state index contributed by atoms with van der Waals surface area (Å²) in [6.07, 6.45) is 3.37. The molecule has 0 N–H and O–H groups in total. The molecule has 0 atom stereocenters. The fourth-order valence-corrected chi connectivity index (χ4v) is 1.07. The van der Waals surface area contributed by atoms with Crippen LogP contribution in [-0.2, 0) is 0 Å². The maximum atomic E-state index is 3.15. The van der Waals surface area contributed by atoms with Crippen LogP contribution in [0.25, 0.3) is 0 Å². The molecule has 0 heterocycles. The molecule has 0 saturated heterocycles. The van der Waals surface area contributed by atoms with Crippen LogP contribution in [-0.4, -0.2) is 0 Å². The molecule has 0 fully saturated rings. The van der Waals surface area contributed by atoms with E-state index in [4.69, 9.17) is 0 Å². The highest BCUT2D eigenvalue weighted by molar-refractivity contribution is 5.35. The molecule has 1 rings (SSSR count). The first-order valence-corrected chi connectivity index (χ1v) is 3.52. The van der Waals surface area contributed by atoms with Crippen LogP contribution < -0.4 is 0 Å². The Labute approximate surface area is 57.0 Å². The zero-order chi connectivity index (χ0) is 6.69. The molecule has 0 nitrogen and oxygen atoms in total. The second-order valence-corrected chi connectivity index (χ2v) is 2.41. The SMILES string of the molecule is CCC1=C(C)CCC#C1. The lowest BCUT2D eigenvalue weighted by Crippen LogP contribution is -1.89. The maximum Gasteiger partial charge on any atom is 0.0130 e. The average molecular weight is 120 g/mol. The zero-order valence-corrected chi connectivity index (χ0v) is 6.12. The van der Waals surface area contributed by atoms with Gasteiger partial charge in [0.15, 0.2) is 0 Å². The summed E-state index contributed by atoms with van der Waals surface area (Å²) in [4.78, 5) is 0. The van der Waals surface area contributed by atoms with Crippen molar-refractivity contribution in [2.45, 2.75) is 33.1 Å². The molecule has 0 radical (unpaired) electrons. The van der Waals surface area contributed by atoms with E-state index in [0.717, 1.165) is 12.8 Å². The van der Waals surface area contributed by atoms with Crippen molar-refractivity contribution in [2.75, 3.05) is 0 Å². The molecule has 48 valence electrons. The van der Waals surface area contributed by atoms with Crippen molar-refractivity contribution < 1.29 is 0 Å². The lowest BCUT2D eigenvalue weighted by atomic mass is 10.00. The van der Waals surface area contributed by atoms with Gasteiger partial charge in [-0.25, -0.2) is 0 Å². The van der Waals surface area contributed by atoms with Crippen LogP contribution in [0.5, 0.6) is 0 Å². The molecule has 0 spiro atoms. The van der Waals surface area contributed by atoms with Gasteiger partial charge in [0.25, 0.3) is 0 Å². The molecule has 0 aliphatic heterocycles. The van der Waals surface area contributed by atoms with Crippen molar-refractivity contribution in [2.24, 2.45) is 0 Å². The summed E-state index contributed by atoms with van der Waals surface area (Å²) in [5, 5.41) is 0. The second-order valence-electron chi connectivity index (χ2n) is 2.41. The molecule has 0 aromatic heterocycles. The van der Waals surface area contributed by atoms with Gasteiger partial charge < -0.3 is 0 Å². The van der Waals surface area contributed by atoms with Crippen molar-refractivity contribution >= 4 is 0 Å². The second kappa shape index (κ2) is 2.73.